The quantitative estimate of drug-likeness (QED) is 0.712. The molecule has 4 rings (SSSR count). The number of nitrogens with two attached hydrogens (primary N) is 1. The molecule has 2 aromatic carbocycles. The summed E-state index contributed by atoms with van der Waals surface area (Å²) >= 11 is 0. The maximum atomic E-state index is 9.86. The fourth-order valence-electron chi connectivity index (χ4n) is 4.15. The molecular weight excluding hydrogens is 346 g/mol. The van der Waals surface area contributed by atoms with Gasteiger partial charge in [-0.3, -0.25) is 0 Å². The van der Waals surface area contributed by atoms with E-state index in [9.17, 15) is 5.26 Å². The van der Waals surface area contributed by atoms with Gasteiger partial charge in [-0.2, -0.15) is 5.26 Å². The Balaban J connectivity index is 1.90. The van der Waals surface area contributed by atoms with Gasteiger partial charge in [-0.15, -0.1) is 0 Å². The van der Waals surface area contributed by atoms with Crippen molar-refractivity contribution in [3.05, 3.63) is 77.0 Å². The van der Waals surface area contributed by atoms with Crippen LogP contribution in [0.5, 0.6) is 5.75 Å². The molecule has 1 aliphatic rings. The highest BCUT2D eigenvalue weighted by Gasteiger charge is 2.28. The molecule has 0 radical (unpaired) electrons. The second kappa shape index (κ2) is 7.74. The summed E-state index contributed by atoms with van der Waals surface area (Å²) in [4.78, 5) is 4.59. The van der Waals surface area contributed by atoms with E-state index in [4.69, 9.17) is 10.5 Å². The Morgan fingerprint density at radius 2 is 1.89 bits per heavy atom. The van der Waals surface area contributed by atoms with Crippen molar-refractivity contribution in [1.29, 1.82) is 5.26 Å². The maximum absolute atomic E-state index is 9.86. The molecule has 3 aromatic rings. The van der Waals surface area contributed by atoms with Gasteiger partial charge in [-0.05, 0) is 49.3 Å². The maximum Gasteiger partial charge on any atom is 0.142 e. The number of nitrogens with zero attached hydrogens (tertiary/aromatic N) is 2. The van der Waals surface area contributed by atoms with E-state index < -0.39 is 0 Å². The van der Waals surface area contributed by atoms with Gasteiger partial charge in [0.25, 0.3) is 0 Å². The Kier molecular flexibility index (Phi) is 4.99. The first-order chi connectivity index (χ1) is 13.7. The third kappa shape index (κ3) is 3.20. The van der Waals surface area contributed by atoms with Gasteiger partial charge >= 0.3 is 0 Å². The first-order valence-electron chi connectivity index (χ1n) is 9.71. The van der Waals surface area contributed by atoms with Crippen LogP contribution in [0.15, 0.2) is 54.6 Å². The summed E-state index contributed by atoms with van der Waals surface area (Å²) in [5.74, 6) is 1.49. The van der Waals surface area contributed by atoms with Crippen LogP contribution in [0.1, 0.15) is 41.6 Å². The number of hydrogen-bond acceptors (Lipinski definition) is 4. The van der Waals surface area contributed by atoms with Crippen LogP contribution in [0, 0.1) is 11.3 Å². The highest BCUT2D eigenvalue weighted by molar-refractivity contribution is 5.83. The first-order valence-corrected chi connectivity index (χ1v) is 9.71. The molecular formula is C24H23N3O. The standard InChI is InChI=1S/C24H23N3O/c1-2-28-22-11-7-6-10-18(22)23-19-14-17(16-8-4-3-5-9-16)12-13-21(19)27-24(26)20(23)15-25/h3-11,17H,2,12-14H2,1H3,(H2,26,27). The number of nitrogen functional groups attached to an aromatic ring is 1. The van der Waals surface area contributed by atoms with Crippen LogP contribution < -0.4 is 10.5 Å². The van der Waals surface area contributed by atoms with Gasteiger partial charge in [-0.1, -0.05) is 48.5 Å². The molecule has 0 amide bonds. The Morgan fingerprint density at radius 3 is 2.64 bits per heavy atom. The smallest absolute Gasteiger partial charge is 0.142 e. The third-order valence-corrected chi connectivity index (χ3v) is 5.43. The average molecular weight is 369 g/mol. The Bertz CT molecular complexity index is 1040. The van der Waals surface area contributed by atoms with E-state index >= 15 is 0 Å². The molecule has 1 atom stereocenters. The van der Waals surface area contributed by atoms with E-state index in [0.29, 0.717) is 23.9 Å². The highest BCUT2D eigenvalue weighted by atomic mass is 16.5. The van der Waals surface area contributed by atoms with Gasteiger partial charge in [0.05, 0.1) is 6.61 Å². The number of rotatable bonds is 4. The molecule has 0 bridgehead atoms. The van der Waals surface area contributed by atoms with Crippen LogP contribution in [0.4, 0.5) is 5.82 Å². The van der Waals surface area contributed by atoms with Crippen molar-refractivity contribution in [2.24, 2.45) is 0 Å². The minimum absolute atomic E-state index is 0.306. The summed E-state index contributed by atoms with van der Waals surface area (Å²) in [7, 11) is 0. The molecule has 0 saturated carbocycles. The number of aromatic nitrogens is 1. The number of anilines is 1. The van der Waals surface area contributed by atoms with Crippen LogP contribution in [0.3, 0.4) is 0 Å². The van der Waals surface area contributed by atoms with Crippen molar-refractivity contribution in [1.82, 2.24) is 4.98 Å². The second-order valence-corrected chi connectivity index (χ2v) is 7.06. The van der Waals surface area contributed by atoms with E-state index in [1.807, 2.05) is 37.3 Å². The van der Waals surface area contributed by atoms with Crippen molar-refractivity contribution in [3.63, 3.8) is 0 Å². The van der Waals surface area contributed by atoms with Crippen molar-refractivity contribution in [2.45, 2.75) is 32.1 Å². The Labute approximate surface area is 165 Å². The summed E-state index contributed by atoms with van der Waals surface area (Å²) in [6.07, 6.45) is 2.73. The van der Waals surface area contributed by atoms with Gasteiger partial charge in [0, 0.05) is 16.8 Å². The molecule has 140 valence electrons. The zero-order valence-electron chi connectivity index (χ0n) is 16.0. The van der Waals surface area contributed by atoms with Gasteiger partial charge in [-0.25, -0.2) is 4.98 Å². The monoisotopic (exact) mass is 369 g/mol. The van der Waals surface area contributed by atoms with Crippen LogP contribution in [-0.2, 0) is 12.8 Å². The van der Waals surface area contributed by atoms with Gasteiger partial charge in [0.1, 0.15) is 23.2 Å². The zero-order chi connectivity index (χ0) is 19.5. The predicted molar refractivity (Wildman–Crippen MR) is 111 cm³/mol. The van der Waals surface area contributed by atoms with E-state index in [2.05, 4.69) is 35.3 Å². The van der Waals surface area contributed by atoms with Crippen LogP contribution >= 0.6 is 0 Å². The molecule has 1 aromatic heterocycles. The lowest BCUT2D eigenvalue weighted by molar-refractivity contribution is 0.341. The van der Waals surface area contributed by atoms with Gasteiger partial charge in [0.2, 0.25) is 0 Å². The zero-order valence-corrected chi connectivity index (χ0v) is 16.0. The number of fused-ring (bicyclic) bond motifs is 1. The normalized spacial score (nSPS) is 15.5. The van der Waals surface area contributed by atoms with Crippen molar-refractivity contribution < 1.29 is 4.74 Å². The van der Waals surface area contributed by atoms with Crippen molar-refractivity contribution in [2.75, 3.05) is 12.3 Å². The largest absolute Gasteiger partial charge is 0.493 e. The number of benzene rings is 2. The van der Waals surface area contributed by atoms with E-state index in [-0.39, 0.29) is 0 Å². The Morgan fingerprint density at radius 1 is 1.14 bits per heavy atom. The molecule has 28 heavy (non-hydrogen) atoms. The van der Waals surface area contributed by atoms with E-state index in [1.165, 1.54) is 5.56 Å². The van der Waals surface area contributed by atoms with Crippen molar-refractivity contribution >= 4 is 5.82 Å². The van der Waals surface area contributed by atoms with Gasteiger partial charge in [0.15, 0.2) is 0 Å². The molecule has 2 N–H and O–H groups in total. The van der Waals surface area contributed by atoms with Crippen LogP contribution in [0.2, 0.25) is 0 Å². The topological polar surface area (TPSA) is 71.9 Å². The lowest BCUT2D eigenvalue weighted by atomic mass is 9.78. The third-order valence-electron chi connectivity index (χ3n) is 5.43. The summed E-state index contributed by atoms with van der Waals surface area (Å²) in [6, 6.07) is 20.7. The predicted octanol–water partition coefficient (Wildman–Crippen LogP) is 4.87. The summed E-state index contributed by atoms with van der Waals surface area (Å²) in [5.41, 5.74) is 11.9. The number of nitriles is 1. The molecule has 0 fully saturated rings. The van der Waals surface area contributed by atoms with E-state index in [1.54, 1.807) is 0 Å². The molecule has 1 aliphatic carbocycles. The second-order valence-electron chi connectivity index (χ2n) is 7.06. The number of ether oxygens (including phenoxy) is 1. The van der Waals surface area contributed by atoms with E-state index in [0.717, 1.165) is 47.4 Å². The summed E-state index contributed by atoms with van der Waals surface area (Å²) in [6.45, 7) is 2.53. The molecule has 0 spiro atoms. The van der Waals surface area contributed by atoms with Crippen LogP contribution in [0.25, 0.3) is 11.1 Å². The van der Waals surface area contributed by atoms with Crippen molar-refractivity contribution in [3.8, 4) is 22.9 Å². The minimum atomic E-state index is 0.306. The molecule has 1 heterocycles. The SMILES string of the molecule is CCOc1ccccc1-c1c(C#N)c(N)nc2c1CC(c1ccccc1)CC2. The molecule has 0 saturated heterocycles. The molecule has 4 nitrogen and oxygen atoms in total. The minimum Gasteiger partial charge on any atom is -0.493 e. The molecule has 4 heteroatoms. The number of pyridine rings is 1. The number of hydrogen-bond donors (Lipinski definition) is 1. The van der Waals surface area contributed by atoms with Crippen LogP contribution in [-0.4, -0.2) is 11.6 Å². The lowest BCUT2D eigenvalue weighted by Crippen LogP contribution is -2.18. The highest BCUT2D eigenvalue weighted by Crippen LogP contribution is 2.42. The molecule has 0 aliphatic heterocycles. The molecule has 1 unspecified atom stereocenters. The summed E-state index contributed by atoms with van der Waals surface area (Å²) in [5, 5.41) is 9.86. The number of aryl methyl sites for hydroxylation is 1. The fourth-order valence-corrected chi connectivity index (χ4v) is 4.15. The summed E-state index contributed by atoms with van der Waals surface area (Å²) < 4.78 is 5.86. The first kappa shape index (κ1) is 18.1. The van der Waals surface area contributed by atoms with Gasteiger partial charge < -0.3 is 10.5 Å². The Hall–Kier alpha value is -3.32. The fraction of sp³-hybridized carbons (Fsp3) is 0.250. The average Bonchev–Trinajstić information content (AvgIpc) is 2.74. The number of para-hydroxylation sites is 1. The lowest BCUT2D eigenvalue weighted by Gasteiger charge is -2.28.